The van der Waals surface area contributed by atoms with Crippen molar-refractivity contribution in [2.24, 2.45) is 0 Å². The van der Waals surface area contributed by atoms with Gasteiger partial charge in [-0.2, -0.15) is 0 Å². The minimum atomic E-state index is 0.920. The molecule has 0 aliphatic rings. The van der Waals surface area contributed by atoms with E-state index in [1.54, 1.807) is 7.11 Å². The van der Waals surface area contributed by atoms with E-state index in [9.17, 15) is 0 Å². The fourth-order valence-corrected chi connectivity index (χ4v) is 2.18. The van der Waals surface area contributed by atoms with Gasteiger partial charge in [-0.1, -0.05) is 24.3 Å². The SMILES string of the molecule is COc1ccc(C[NH2+]CCc2ccccc2C)cc1. The number of ether oxygens (including phenoxy) is 1. The third kappa shape index (κ3) is 4.11. The Kier molecular flexibility index (Phi) is 4.99. The first kappa shape index (κ1) is 13.6. The van der Waals surface area contributed by atoms with Crippen LogP contribution in [-0.2, 0) is 13.0 Å². The molecular formula is C17H22NO+. The number of hydrogen-bond acceptors (Lipinski definition) is 1. The lowest BCUT2D eigenvalue weighted by Gasteiger charge is -2.06. The van der Waals surface area contributed by atoms with Gasteiger partial charge in [0, 0.05) is 12.0 Å². The molecule has 0 fully saturated rings. The highest BCUT2D eigenvalue weighted by Gasteiger charge is 2.00. The number of quaternary nitrogens is 1. The average molecular weight is 256 g/mol. The summed E-state index contributed by atoms with van der Waals surface area (Å²) in [6.45, 7) is 4.32. The highest BCUT2D eigenvalue weighted by Crippen LogP contribution is 2.10. The van der Waals surface area contributed by atoms with Crippen molar-refractivity contribution in [1.29, 1.82) is 0 Å². The van der Waals surface area contributed by atoms with E-state index in [0.29, 0.717) is 0 Å². The summed E-state index contributed by atoms with van der Waals surface area (Å²) >= 11 is 0. The smallest absolute Gasteiger partial charge is 0.118 e. The van der Waals surface area contributed by atoms with Gasteiger partial charge in [0.1, 0.15) is 12.3 Å². The first-order chi connectivity index (χ1) is 9.29. The van der Waals surface area contributed by atoms with Gasteiger partial charge in [0.2, 0.25) is 0 Å². The number of nitrogens with two attached hydrogens (primary N) is 1. The second-order valence-electron chi connectivity index (χ2n) is 4.81. The monoisotopic (exact) mass is 256 g/mol. The second kappa shape index (κ2) is 6.95. The van der Waals surface area contributed by atoms with Crippen LogP contribution in [-0.4, -0.2) is 13.7 Å². The molecule has 19 heavy (non-hydrogen) atoms. The van der Waals surface area contributed by atoms with Crippen LogP contribution in [0.4, 0.5) is 0 Å². The fraction of sp³-hybridized carbons (Fsp3) is 0.294. The van der Waals surface area contributed by atoms with Crippen molar-refractivity contribution in [3.05, 3.63) is 65.2 Å². The van der Waals surface area contributed by atoms with Crippen LogP contribution in [0.3, 0.4) is 0 Å². The fourth-order valence-electron chi connectivity index (χ4n) is 2.18. The molecule has 0 heterocycles. The maximum atomic E-state index is 5.16. The van der Waals surface area contributed by atoms with Crippen molar-refractivity contribution in [2.45, 2.75) is 19.9 Å². The van der Waals surface area contributed by atoms with Crippen molar-refractivity contribution in [3.8, 4) is 5.75 Å². The quantitative estimate of drug-likeness (QED) is 0.789. The minimum absolute atomic E-state index is 0.920. The normalized spacial score (nSPS) is 10.4. The molecule has 0 bridgehead atoms. The summed E-state index contributed by atoms with van der Waals surface area (Å²) in [6, 6.07) is 16.9. The van der Waals surface area contributed by atoms with Crippen LogP contribution in [0.5, 0.6) is 5.75 Å². The third-order valence-corrected chi connectivity index (χ3v) is 3.42. The summed E-state index contributed by atoms with van der Waals surface area (Å²) in [5.74, 6) is 0.920. The lowest BCUT2D eigenvalue weighted by atomic mass is 10.1. The Labute approximate surface area is 115 Å². The molecule has 0 amide bonds. The van der Waals surface area contributed by atoms with E-state index in [4.69, 9.17) is 4.74 Å². The Bertz CT molecular complexity index is 505. The van der Waals surface area contributed by atoms with E-state index in [2.05, 4.69) is 48.6 Å². The molecule has 0 aliphatic carbocycles. The average Bonchev–Trinajstić information content (AvgIpc) is 2.46. The Morgan fingerprint density at radius 3 is 2.42 bits per heavy atom. The van der Waals surface area contributed by atoms with E-state index in [1.165, 1.54) is 16.7 Å². The molecule has 2 aromatic carbocycles. The molecular weight excluding hydrogens is 234 g/mol. The summed E-state index contributed by atoms with van der Waals surface area (Å²) in [5.41, 5.74) is 4.18. The first-order valence-electron chi connectivity index (χ1n) is 6.78. The maximum absolute atomic E-state index is 5.16. The second-order valence-corrected chi connectivity index (χ2v) is 4.81. The number of aryl methyl sites for hydroxylation is 1. The van der Waals surface area contributed by atoms with Gasteiger partial charge in [-0.05, 0) is 42.3 Å². The molecule has 2 heteroatoms. The Hall–Kier alpha value is -1.80. The standard InChI is InChI=1S/C17H21NO/c1-14-5-3-4-6-16(14)11-12-18-13-15-7-9-17(19-2)10-8-15/h3-10,18H,11-13H2,1-2H3/p+1. The number of hydrogen-bond donors (Lipinski definition) is 1. The van der Waals surface area contributed by atoms with Crippen molar-refractivity contribution in [3.63, 3.8) is 0 Å². The lowest BCUT2D eigenvalue weighted by Crippen LogP contribution is -2.83. The van der Waals surface area contributed by atoms with E-state index < -0.39 is 0 Å². The summed E-state index contributed by atoms with van der Waals surface area (Å²) in [4.78, 5) is 0. The van der Waals surface area contributed by atoms with Gasteiger partial charge in [0.15, 0.2) is 0 Å². The molecule has 0 aromatic heterocycles. The molecule has 0 saturated carbocycles. The molecule has 100 valence electrons. The van der Waals surface area contributed by atoms with Crippen LogP contribution in [0.1, 0.15) is 16.7 Å². The first-order valence-corrected chi connectivity index (χ1v) is 6.78. The molecule has 2 nitrogen and oxygen atoms in total. The van der Waals surface area contributed by atoms with Gasteiger partial charge < -0.3 is 10.1 Å². The van der Waals surface area contributed by atoms with Crippen LogP contribution < -0.4 is 10.1 Å². The van der Waals surface area contributed by atoms with E-state index >= 15 is 0 Å². The largest absolute Gasteiger partial charge is 0.497 e. The van der Waals surface area contributed by atoms with Crippen LogP contribution in [0.25, 0.3) is 0 Å². The van der Waals surface area contributed by atoms with Crippen molar-refractivity contribution in [1.82, 2.24) is 0 Å². The zero-order valence-electron chi connectivity index (χ0n) is 11.7. The van der Waals surface area contributed by atoms with Crippen LogP contribution in [0.2, 0.25) is 0 Å². The van der Waals surface area contributed by atoms with E-state index in [0.717, 1.165) is 25.3 Å². The Balaban J connectivity index is 1.76. The minimum Gasteiger partial charge on any atom is -0.497 e. The number of rotatable bonds is 6. The summed E-state index contributed by atoms with van der Waals surface area (Å²) in [5, 5.41) is 2.36. The van der Waals surface area contributed by atoms with Gasteiger partial charge in [-0.3, -0.25) is 0 Å². The zero-order chi connectivity index (χ0) is 13.5. The highest BCUT2D eigenvalue weighted by atomic mass is 16.5. The summed E-state index contributed by atoms with van der Waals surface area (Å²) < 4.78 is 5.16. The molecule has 0 radical (unpaired) electrons. The van der Waals surface area contributed by atoms with Gasteiger partial charge in [-0.25, -0.2) is 0 Å². The Morgan fingerprint density at radius 1 is 1.00 bits per heavy atom. The van der Waals surface area contributed by atoms with E-state index in [1.807, 2.05) is 12.1 Å². The number of methoxy groups -OCH3 is 1. The predicted molar refractivity (Wildman–Crippen MR) is 78.4 cm³/mol. The topological polar surface area (TPSA) is 25.8 Å². The molecule has 0 atom stereocenters. The summed E-state index contributed by atoms with van der Waals surface area (Å²) in [6.07, 6.45) is 1.13. The molecule has 0 spiro atoms. The van der Waals surface area contributed by atoms with Crippen molar-refractivity contribution >= 4 is 0 Å². The number of benzene rings is 2. The molecule has 0 aliphatic heterocycles. The van der Waals surface area contributed by atoms with Crippen LogP contribution >= 0.6 is 0 Å². The van der Waals surface area contributed by atoms with Gasteiger partial charge >= 0.3 is 0 Å². The molecule has 2 rings (SSSR count). The van der Waals surface area contributed by atoms with Gasteiger partial charge in [0.05, 0.1) is 13.7 Å². The van der Waals surface area contributed by atoms with Crippen LogP contribution in [0.15, 0.2) is 48.5 Å². The summed E-state index contributed by atoms with van der Waals surface area (Å²) in [7, 11) is 1.70. The Morgan fingerprint density at radius 2 is 1.74 bits per heavy atom. The van der Waals surface area contributed by atoms with Crippen molar-refractivity contribution < 1.29 is 10.1 Å². The third-order valence-electron chi connectivity index (χ3n) is 3.42. The highest BCUT2D eigenvalue weighted by molar-refractivity contribution is 5.27. The molecule has 2 N–H and O–H groups in total. The molecule has 0 saturated heterocycles. The molecule has 0 unspecified atom stereocenters. The lowest BCUT2D eigenvalue weighted by molar-refractivity contribution is -0.670. The maximum Gasteiger partial charge on any atom is 0.118 e. The predicted octanol–water partition coefficient (Wildman–Crippen LogP) is 2.31. The molecule has 2 aromatic rings. The van der Waals surface area contributed by atoms with E-state index in [-0.39, 0.29) is 0 Å². The van der Waals surface area contributed by atoms with Gasteiger partial charge in [-0.15, -0.1) is 0 Å². The van der Waals surface area contributed by atoms with Gasteiger partial charge in [0.25, 0.3) is 0 Å². The zero-order valence-corrected chi connectivity index (χ0v) is 11.7. The van der Waals surface area contributed by atoms with Crippen molar-refractivity contribution in [2.75, 3.05) is 13.7 Å². The van der Waals surface area contributed by atoms with Crippen LogP contribution in [0, 0.1) is 6.92 Å².